The molecule has 20 heavy (non-hydrogen) atoms. The summed E-state index contributed by atoms with van der Waals surface area (Å²) in [7, 11) is 0. The van der Waals surface area contributed by atoms with Crippen molar-refractivity contribution in [1.29, 1.82) is 0 Å². The van der Waals surface area contributed by atoms with Crippen LogP contribution >= 0.6 is 0 Å². The molecule has 1 heterocycles. The molecule has 0 aliphatic heterocycles. The van der Waals surface area contributed by atoms with Gasteiger partial charge in [0.05, 0.1) is 17.5 Å². The Morgan fingerprint density at radius 2 is 2.05 bits per heavy atom. The minimum absolute atomic E-state index is 0.00905. The molecule has 0 atom stereocenters. The van der Waals surface area contributed by atoms with E-state index in [0.717, 1.165) is 6.07 Å². The summed E-state index contributed by atoms with van der Waals surface area (Å²) in [4.78, 5) is 15.0. The number of nitrogens with zero attached hydrogens (tertiary/aromatic N) is 2. The molecule has 0 amide bonds. The quantitative estimate of drug-likeness (QED) is 0.809. The number of Topliss-reactive ketones (excluding diaryl/α,β-unsaturated/α-hetero) is 1. The summed E-state index contributed by atoms with van der Waals surface area (Å²) in [6, 6.07) is 3.81. The fourth-order valence-corrected chi connectivity index (χ4v) is 2.00. The van der Waals surface area contributed by atoms with E-state index in [4.69, 9.17) is 0 Å². The van der Waals surface area contributed by atoms with Crippen molar-refractivity contribution in [3.63, 3.8) is 0 Å². The van der Waals surface area contributed by atoms with Gasteiger partial charge < -0.3 is 4.57 Å². The zero-order valence-corrected chi connectivity index (χ0v) is 10.7. The molecule has 2 aromatic rings. The lowest BCUT2D eigenvalue weighted by atomic mass is 10.2. The second kappa shape index (κ2) is 5.22. The van der Waals surface area contributed by atoms with Crippen LogP contribution in [0.4, 0.5) is 17.6 Å². The van der Waals surface area contributed by atoms with Gasteiger partial charge in [-0.2, -0.15) is 13.2 Å². The van der Waals surface area contributed by atoms with Gasteiger partial charge in [-0.15, -0.1) is 0 Å². The molecule has 0 saturated carbocycles. The number of imidazole rings is 1. The number of aromatic nitrogens is 2. The topological polar surface area (TPSA) is 34.9 Å². The summed E-state index contributed by atoms with van der Waals surface area (Å²) in [5.41, 5.74) is 0.779. The van der Waals surface area contributed by atoms with Crippen molar-refractivity contribution in [2.75, 3.05) is 0 Å². The van der Waals surface area contributed by atoms with Crippen LogP contribution in [0, 0.1) is 5.82 Å². The largest absolute Gasteiger partial charge is 0.450 e. The Kier molecular flexibility index (Phi) is 3.78. The third-order valence-electron chi connectivity index (χ3n) is 2.87. The van der Waals surface area contributed by atoms with E-state index in [9.17, 15) is 22.4 Å². The summed E-state index contributed by atoms with van der Waals surface area (Å²) in [6.45, 7) is 2.27. The average Bonchev–Trinajstić information content (AvgIpc) is 2.66. The highest BCUT2D eigenvalue weighted by Crippen LogP contribution is 2.22. The summed E-state index contributed by atoms with van der Waals surface area (Å²) < 4.78 is 51.6. The minimum Gasteiger partial charge on any atom is -0.328 e. The normalized spacial score (nSPS) is 12.1. The highest BCUT2D eigenvalue weighted by Gasteiger charge is 2.38. The Morgan fingerprint density at radius 3 is 2.65 bits per heavy atom. The van der Waals surface area contributed by atoms with E-state index in [1.807, 2.05) is 6.92 Å². The zero-order chi connectivity index (χ0) is 14.9. The van der Waals surface area contributed by atoms with Gasteiger partial charge in [-0.25, -0.2) is 9.37 Å². The molecule has 0 bridgehead atoms. The van der Waals surface area contributed by atoms with Crippen molar-refractivity contribution >= 4 is 16.8 Å². The van der Waals surface area contributed by atoms with E-state index in [1.54, 1.807) is 0 Å². The van der Waals surface area contributed by atoms with Crippen molar-refractivity contribution < 1.29 is 22.4 Å². The first-order valence-corrected chi connectivity index (χ1v) is 6.07. The van der Waals surface area contributed by atoms with Gasteiger partial charge in [-0.3, -0.25) is 4.79 Å². The third-order valence-corrected chi connectivity index (χ3v) is 2.87. The highest BCUT2D eigenvalue weighted by atomic mass is 19.4. The first-order valence-electron chi connectivity index (χ1n) is 6.07. The van der Waals surface area contributed by atoms with Crippen molar-refractivity contribution in [2.45, 2.75) is 32.5 Å². The Labute approximate surface area is 112 Å². The molecule has 0 aliphatic rings. The van der Waals surface area contributed by atoms with E-state index in [0.29, 0.717) is 18.5 Å². The number of halogens is 4. The number of aryl methyl sites for hydroxylation is 1. The standard InChI is InChI=1S/C13H12F4N2O/c1-2-5-19-10-4-3-8(14)6-9(10)18-12(19)7-11(20)13(15,16)17/h3-4,6H,2,5,7H2,1H3. The van der Waals surface area contributed by atoms with Gasteiger partial charge in [-0.1, -0.05) is 6.92 Å². The molecule has 1 aromatic carbocycles. The summed E-state index contributed by atoms with van der Waals surface area (Å²) in [5, 5.41) is 0. The molecule has 0 saturated heterocycles. The van der Waals surface area contributed by atoms with E-state index in [1.165, 1.54) is 16.7 Å². The molecule has 7 heteroatoms. The van der Waals surface area contributed by atoms with Crippen LogP contribution in [-0.2, 0) is 17.8 Å². The van der Waals surface area contributed by atoms with Crippen molar-refractivity contribution in [1.82, 2.24) is 9.55 Å². The smallest absolute Gasteiger partial charge is 0.328 e. The maximum atomic E-state index is 13.1. The van der Waals surface area contributed by atoms with E-state index >= 15 is 0 Å². The molecule has 0 N–H and O–H groups in total. The fraction of sp³-hybridized carbons (Fsp3) is 0.385. The minimum atomic E-state index is -4.89. The van der Waals surface area contributed by atoms with Gasteiger partial charge in [0.1, 0.15) is 11.6 Å². The van der Waals surface area contributed by atoms with E-state index < -0.39 is 24.2 Å². The number of benzene rings is 1. The second-order valence-electron chi connectivity index (χ2n) is 4.41. The molecule has 108 valence electrons. The van der Waals surface area contributed by atoms with Gasteiger partial charge in [0.25, 0.3) is 0 Å². The second-order valence-corrected chi connectivity index (χ2v) is 4.41. The first-order chi connectivity index (χ1) is 9.32. The molecule has 0 spiro atoms. The molecule has 1 aromatic heterocycles. The number of carbonyl (C=O) groups excluding carboxylic acids is 1. The third kappa shape index (κ3) is 2.81. The molecular formula is C13H12F4N2O. The number of ketones is 1. The van der Waals surface area contributed by atoms with E-state index in [2.05, 4.69) is 4.98 Å². The van der Waals surface area contributed by atoms with Crippen LogP contribution in [-0.4, -0.2) is 21.5 Å². The summed E-state index contributed by atoms with van der Waals surface area (Å²) >= 11 is 0. The van der Waals surface area contributed by atoms with Gasteiger partial charge in [-0.05, 0) is 18.6 Å². The average molecular weight is 288 g/mol. The predicted molar refractivity (Wildman–Crippen MR) is 64.7 cm³/mol. The van der Waals surface area contributed by atoms with Crippen LogP contribution in [0.5, 0.6) is 0 Å². The Morgan fingerprint density at radius 1 is 1.35 bits per heavy atom. The lowest BCUT2D eigenvalue weighted by Crippen LogP contribution is -2.26. The fourth-order valence-electron chi connectivity index (χ4n) is 2.00. The molecule has 2 rings (SSSR count). The van der Waals surface area contributed by atoms with Crippen molar-refractivity contribution in [2.24, 2.45) is 0 Å². The van der Waals surface area contributed by atoms with Crippen molar-refractivity contribution in [3.8, 4) is 0 Å². The molecule has 0 aliphatic carbocycles. The van der Waals surface area contributed by atoms with Gasteiger partial charge >= 0.3 is 6.18 Å². The molecule has 0 radical (unpaired) electrons. The predicted octanol–water partition coefficient (Wildman–Crippen LogP) is 3.26. The highest BCUT2D eigenvalue weighted by molar-refractivity contribution is 5.86. The van der Waals surface area contributed by atoms with Crippen molar-refractivity contribution in [3.05, 3.63) is 29.8 Å². The van der Waals surface area contributed by atoms with Crippen LogP contribution in [0.2, 0.25) is 0 Å². The number of rotatable bonds is 4. The molecule has 0 fully saturated rings. The number of hydrogen-bond acceptors (Lipinski definition) is 2. The van der Waals surface area contributed by atoms with Crippen LogP contribution in [0.15, 0.2) is 18.2 Å². The lowest BCUT2D eigenvalue weighted by Gasteiger charge is -2.08. The maximum absolute atomic E-state index is 13.1. The SMILES string of the molecule is CCCn1c(CC(=O)C(F)(F)F)nc2cc(F)ccc21. The number of carbonyl (C=O) groups is 1. The molecular weight excluding hydrogens is 276 g/mol. The lowest BCUT2D eigenvalue weighted by molar-refractivity contribution is -0.170. The maximum Gasteiger partial charge on any atom is 0.450 e. The monoisotopic (exact) mass is 288 g/mol. The number of alkyl halides is 3. The van der Waals surface area contributed by atoms with Gasteiger partial charge in [0.2, 0.25) is 5.78 Å². The van der Waals surface area contributed by atoms with Gasteiger partial charge in [0, 0.05) is 12.6 Å². The Balaban J connectivity index is 2.46. The zero-order valence-electron chi connectivity index (χ0n) is 10.7. The summed E-state index contributed by atoms with van der Waals surface area (Å²) in [6.07, 6.45) is -5.06. The van der Waals surface area contributed by atoms with Crippen LogP contribution < -0.4 is 0 Å². The number of hydrogen-bond donors (Lipinski definition) is 0. The molecule has 3 nitrogen and oxygen atoms in total. The Bertz CT molecular complexity index is 646. The van der Waals surface area contributed by atoms with E-state index in [-0.39, 0.29) is 11.3 Å². The van der Waals surface area contributed by atoms with Crippen LogP contribution in [0.3, 0.4) is 0 Å². The number of fused-ring (bicyclic) bond motifs is 1. The van der Waals surface area contributed by atoms with Crippen LogP contribution in [0.25, 0.3) is 11.0 Å². The summed E-state index contributed by atoms with van der Waals surface area (Å²) in [5.74, 6) is -2.37. The molecule has 0 unspecified atom stereocenters. The Hall–Kier alpha value is -1.92. The van der Waals surface area contributed by atoms with Crippen LogP contribution in [0.1, 0.15) is 19.2 Å². The first kappa shape index (κ1) is 14.5. The van der Waals surface area contributed by atoms with Gasteiger partial charge in [0.15, 0.2) is 0 Å².